The highest BCUT2D eigenvalue weighted by Gasteiger charge is 2.18. The van der Waals surface area contributed by atoms with Crippen molar-refractivity contribution >= 4 is 37.8 Å². The fraction of sp³-hybridized carbons (Fsp3) is 0.235. The van der Waals surface area contributed by atoms with Gasteiger partial charge in [-0.15, -0.1) is 0 Å². The van der Waals surface area contributed by atoms with Gasteiger partial charge < -0.3 is 4.90 Å². The minimum atomic E-state index is 0.0556. The summed E-state index contributed by atoms with van der Waals surface area (Å²) in [6.45, 7) is 3.47. The molecule has 0 aliphatic rings. The van der Waals surface area contributed by atoms with Crippen LogP contribution in [0.25, 0.3) is 0 Å². The van der Waals surface area contributed by atoms with Crippen LogP contribution in [0, 0.1) is 0 Å². The molecule has 0 atom stereocenters. The standard InChI is InChI=1S/C17H17Br2NO/c1-2-10-20(12-13-6-4-3-5-7-13)17(21)15-9-8-14(18)11-16(15)19/h3-9,11H,2,10,12H2,1H3. The van der Waals surface area contributed by atoms with Gasteiger partial charge in [-0.05, 0) is 46.1 Å². The molecule has 0 saturated heterocycles. The lowest BCUT2D eigenvalue weighted by Crippen LogP contribution is -2.31. The van der Waals surface area contributed by atoms with E-state index in [4.69, 9.17) is 0 Å². The monoisotopic (exact) mass is 409 g/mol. The van der Waals surface area contributed by atoms with E-state index in [1.54, 1.807) is 0 Å². The zero-order valence-electron chi connectivity index (χ0n) is 11.9. The van der Waals surface area contributed by atoms with E-state index in [-0.39, 0.29) is 5.91 Å². The molecule has 2 nitrogen and oxygen atoms in total. The van der Waals surface area contributed by atoms with Crippen molar-refractivity contribution in [2.45, 2.75) is 19.9 Å². The van der Waals surface area contributed by atoms with Gasteiger partial charge in [0.25, 0.3) is 5.91 Å². The molecule has 0 aliphatic carbocycles. The smallest absolute Gasteiger partial charge is 0.255 e. The number of carbonyl (C=O) groups is 1. The summed E-state index contributed by atoms with van der Waals surface area (Å²) in [6.07, 6.45) is 0.937. The van der Waals surface area contributed by atoms with Gasteiger partial charge in [0.15, 0.2) is 0 Å². The summed E-state index contributed by atoms with van der Waals surface area (Å²) < 4.78 is 1.77. The lowest BCUT2D eigenvalue weighted by molar-refractivity contribution is 0.0742. The fourth-order valence-corrected chi connectivity index (χ4v) is 3.38. The lowest BCUT2D eigenvalue weighted by Gasteiger charge is -2.23. The second-order valence-electron chi connectivity index (χ2n) is 4.84. The molecule has 0 aromatic heterocycles. The fourth-order valence-electron chi connectivity index (χ4n) is 2.16. The molecule has 110 valence electrons. The molecule has 21 heavy (non-hydrogen) atoms. The van der Waals surface area contributed by atoms with Gasteiger partial charge in [0.05, 0.1) is 5.56 Å². The predicted octanol–water partition coefficient (Wildman–Crippen LogP) is 5.26. The topological polar surface area (TPSA) is 20.3 Å². The zero-order valence-corrected chi connectivity index (χ0v) is 15.0. The van der Waals surface area contributed by atoms with Crippen molar-refractivity contribution in [2.75, 3.05) is 6.54 Å². The second-order valence-corrected chi connectivity index (χ2v) is 6.61. The van der Waals surface area contributed by atoms with Crippen LogP contribution >= 0.6 is 31.9 Å². The van der Waals surface area contributed by atoms with Crippen molar-refractivity contribution in [3.63, 3.8) is 0 Å². The van der Waals surface area contributed by atoms with Crippen LogP contribution in [0.1, 0.15) is 29.3 Å². The second kappa shape index (κ2) is 7.76. The molecule has 2 aromatic carbocycles. The molecule has 0 unspecified atom stereocenters. The number of halogens is 2. The molecular formula is C17H17Br2NO. The molecule has 0 N–H and O–H groups in total. The predicted molar refractivity (Wildman–Crippen MR) is 93.3 cm³/mol. The molecule has 0 bridgehead atoms. The molecule has 0 saturated carbocycles. The van der Waals surface area contributed by atoms with E-state index in [0.29, 0.717) is 12.1 Å². The van der Waals surface area contributed by atoms with Gasteiger partial charge in [0, 0.05) is 22.0 Å². The first-order chi connectivity index (χ1) is 10.1. The van der Waals surface area contributed by atoms with Crippen LogP contribution in [0.5, 0.6) is 0 Å². The van der Waals surface area contributed by atoms with E-state index in [0.717, 1.165) is 27.5 Å². The van der Waals surface area contributed by atoms with Crippen LogP contribution in [-0.2, 0) is 6.54 Å². The summed E-state index contributed by atoms with van der Waals surface area (Å²) in [5.41, 5.74) is 1.84. The van der Waals surface area contributed by atoms with Gasteiger partial charge in [-0.1, -0.05) is 53.2 Å². The first-order valence-corrected chi connectivity index (χ1v) is 8.48. The average Bonchev–Trinajstić information content (AvgIpc) is 2.47. The Hall–Kier alpha value is -1.13. The quantitative estimate of drug-likeness (QED) is 0.657. The van der Waals surface area contributed by atoms with Crippen LogP contribution in [0.2, 0.25) is 0 Å². The molecular weight excluding hydrogens is 394 g/mol. The molecule has 0 radical (unpaired) electrons. The van der Waals surface area contributed by atoms with E-state index in [1.165, 1.54) is 0 Å². The molecule has 1 amide bonds. The number of amides is 1. The van der Waals surface area contributed by atoms with Gasteiger partial charge in [-0.2, -0.15) is 0 Å². The third-order valence-electron chi connectivity index (χ3n) is 3.16. The average molecular weight is 411 g/mol. The van der Waals surface area contributed by atoms with Crippen LogP contribution in [0.4, 0.5) is 0 Å². The molecule has 0 heterocycles. The van der Waals surface area contributed by atoms with Gasteiger partial charge in [-0.3, -0.25) is 4.79 Å². The Morgan fingerprint density at radius 1 is 1.10 bits per heavy atom. The van der Waals surface area contributed by atoms with Crippen molar-refractivity contribution in [2.24, 2.45) is 0 Å². The number of carbonyl (C=O) groups excluding carboxylic acids is 1. The Balaban J connectivity index is 2.23. The Bertz CT molecular complexity index is 613. The van der Waals surface area contributed by atoms with Crippen LogP contribution in [0.3, 0.4) is 0 Å². The maximum Gasteiger partial charge on any atom is 0.255 e. The van der Waals surface area contributed by atoms with Crippen molar-refractivity contribution in [3.05, 3.63) is 68.6 Å². The first-order valence-electron chi connectivity index (χ1n) is 6.90. The molecule has 0 spiro atoms. The largest absolute Gasteiger partial charge is 0.334 e. The normalized spacial score (nSPS) is 10.4. The Kier molecular flexibility index (Phi) is 6.00. The molecule has 0 fully saturated rings. The maximum atomic E-state index is 12.8. The molecule has 2 rings (SSSR count). The van der Waals surface area contributed by atoms with Gasteiger partial charge in [0.2, 0.25) is 0 Å². The lowest BCUT2D eigenvalue weighted by atomic mass is 10.1. The molecule has 2 aromatic rings. The van der Waals surface area contributed by atoms with E-state index in [2.05, 4.69) is 38.8 Å². The van der Waals surface area contributed by atoms with Crippen LogP contribution in [-0.4, -0.2) is 17.4 Å². The highest BCUT2D eigenvalue weighted by molar-refractivity contribution is 9.11. The third kappa shape index (κ3) is 4.42. The molecule has 4 heteroatoms. The summed E-state index contributed by atoms with van der Waals surface area (Å²) in [5.74, 6) is 0.0556. The number of hydrogen-bond donors (Lipinski definition) is 0. The minimum absolute atomic E-state index is 0.0556. The molecule has 0 aliphatic heterocycles. The van der Waals surface area contributed by atoms with E-state index < -0.39 is 0 Å². The van der Waals surface area contributed by atoms with Gasteiger partial charge in [0.1, 0.15) is 0 Å². The van der Waals surface area contributed by atoms with Crippen molar-refractivity contribution in [1.82, 2.24) is 4.90 Å². The van der Waals surface area contributed by atoms with E-state index in [1.807, 2.05) is 53.4 Å². The number of nitrogens with zero attached hydrogens (tertiary/aromatic N) is 1. The van der Waals surface area contributed by atoms with Gasteiger partial charge >= 0.3 is 0 Å². The summed E-state index contributed by atoms with van der Waals surface area (Å²) in [6, 6.07) is 15.7. The number of hydrogen-bond acceptors (Lipinski definition) is 1. The number of benzene rings is 2. The highest BCUT2D eigenvalue weighted by Crippen LogP contribution is 2.24. The van der Waals surface area contributed by atoms with Crippen molar-refractivity contribution < 1.29 is 4.79 Å². The highest BCUT2D eigenvalue weighted by atomic mass is 79.9. The Morgan fingerprint density at radius 2 is 1.81 bits per heavy atom. The van der Waals surface area contributed by atoms with Gasteiger partial charge in [-0.25, -0.2) is 0 Å². The SMILES string of the molecule is CCCN(Cc1ccccc1)C(=O)c1ccc(Br)cc1Br. The van der Waals surface area contributed by atoms with Crippen molar-refractivity contribution in [3.8, 4) is 0 Å². The Labute approximate surface area is 142 Å². The maximum absolute atomic E-state index is 12.8. The number of rotatable bonds is 5. The first kappa shape index (κ1) is 16.2. The van der Waals surface area contributed by atoms with Crippen LogP contribution in [0.15, 0.2) is 57.5 Å². The minimum Gasteiger partial charge on any atom is -0.334 e. The third-order valence-corrected chi connectivity index (χ3v) is 4.31. The van der Waals surface area contributed by atoms with Crippen molar-refractivity contribution in [1.29, 1.82) is 0 Å². The summed E-state index contributed by atoms with van der Waals surface area (Å²) in [7, 11) is 0. The summed E-state index contributed by atoms with van der Waals surface area (Å²) in [4.78, 5) is 14.6. The zero-order chi connectivity index (χ0) is 15.2. The van der Waals surface area contributed by atoms with Crippen LogP contribution < -0.4 is 0 Å². The van der Waals surface area contributed by atoms with E-state index in [9.17, 15) is 4.79 Å². The summed E-state index contributed by atoms with van der Waals surface area (Å²) >= 11 is 6.89. The summed E-state index contributed by atoms with van der Waals surface area (Å²) in [5, 5.41) is 0. The van der Waals surface area contributed by atoms with E-state index >= 15 is 0 Å². The Morgan fingerprint density at radius 3 is 2.43 bits per heavy atom.